The number of nitrogens with one attached hydrogen (secondary N) is 2. The van der Waals surface area contributed by atoms with Crippen LogP contribution >= 0.6 is 0 Å². The molecule has 0 radical (unpaired) electrons. The van der Waals surface area contributed by atoms with Crippen molar-refractivity contribution in [2.45, 2.75) is 33.1 Å². The molecule has 5 heteroatoms. The number of hydrogen-bond donors (Lipinski definition) is 2. The number of ether oxygens (including phenoxy) is 2. The quantitative estimate of drug-likeness (QED) is 0.395. The summed E-state index contributed by atoms with van der Waals surface area (Å²) in [6.07, 6.45) is 0.922. The Kier molecular flexibility index (Phi) is 9.87. The fourth-order valence-corrected chi connectivity index (χ4v) is 2.16. The highest BCUT2D eigenvalue weighted by Gasteiger charge is 2.06. The lowest BCUT2D eigenvalue weighted by Crippen LogP contribution is -2.39. The van der Waals surface area contributed by atoms with E-state index in [4.69, 9.17) is 9.47 Å². The van der Waals surface area contributed by atoms with Crippen molar-refractivity contribution in [3.05, 3.63) is 29.8 Å². The van der Waals surface area contributed by atoms with Crippen LogP contribution in [0.3, 0.4) is 0 Å². The van der Waals surface area contributed by atoms with E-state index in [0.717, 1.165) is 37.8 Å². The van der Waals surface area contributed by atoms with Gasteiger partial charge in [0, 0.05) is 26.8 Å². The molecule has 0 atom stereocenters. The fourth-order valence-electron chi connectivity index (χ4n) is 2.16. The molecule has 0 fully saturated rings. The van der Waals surface area contributed by atoms with E-state index in [-0.39, 0.29) is 0 Å². The Bertz CT molecular complexity index is 461. The maximum atomic E-state index is 5.90. The second-order valence-electron chi connectivity index (χ2n) is 5.57. The average molecular weight is 321 g/mol. The molecule has 0 saturated heterocycles. The zero-order chi connectivity index (χ0) is 16.9. The molecule has 1 aromatic carbocycles. The molecular weight excluding hydrogens is 290 g/mol. The van der Waals surface area contributed by atoms with Gasteiger partial charge in [-0.1, -0.05) is 32.0 Å². The molecular formula is C18H31N3O2. The van der Waals surface area contributed by atoms with E-state index in [0.29, 0.717) is 19.1 Å². The predicted octanol–water partition coefficient (Wildman–Crippen LogP) is 2.78. The van der Waals surface area contributed by atoms with Crippen molar-refractivity contribution in [3.63, 3.8) is 0 Å². The first-order valence-electron chi connectivity index (χ1n) is 8.41. The maximum absolute atomic E-state index is 5.90. The van der Waals surface area contributed by atoms with Gasteiger partial charge in [-0.3, -0.25) is 4.99 Å². The van der Waals surface area contributed by atoms with Crippen molar-refractivity contribution < 1.29 is 9.47 Å². The fraction of sp³-hybridized carbons (Fsp3) is 0.611. The summed E-state index contributed by atoms with van der Waals surface area (Å²) in [5, 5.41) is 6.52. The number of methoxy groups -OCH3 is 1. The average Bonchev–Trinajstić information content (AvgIpc) is 2.55. The molecule has 0 amide bonds. The van der Waals surface area contributed by atoms with Crippen molar-refractivity contribution >= 4 is 5.96 Å². The van der Waals surface area contributed by atoms with Crippen LogP contribution in [-0.2, 0) is 4.74 Å². The molecule has 0 bridgehead atoms. The van der Waals surface area contributed by atoms with Gasteiger partial charge < -0.3 is 20.1 Å². The Morgan fingerprint density at radius 3 is 2.65 bits per heavy atom. The standard InChI is InChI=1S/C18H31N3O2/c1-5-19-18(20-11-8-13-22-4)21-12-14-23-17-10-7-6-9-16(17)15(2)3/h6-7,9-10,15H,5,8,11-14H2,1-4H3,(H2,19,20,21). The highest BCUT2D eigenvalue weighted by Crippen LogP contribution is 2.25. The van der Waals surface area contributed by atoms with E-state index in [1.165, 1.54) is 5.56 Å². The molecule has 0 heterocycles. The third-order valence-electron chi connectivity index (χ3n) is 3.31. The van der Waals surface area contributed by atoms with Crippen molar-refractivity contribution in [2.24, 2.45) is 4.99 Å². The highest BCUT2D eigenvalue weighted by atomic mass is 16.5. The van der Waals surface area contributed by atoms with E-state index in [1.807, 2.05) is 12.1 Å². The SMILES string of the molecule is CCNC(=NCCCOC)NCCOc1ccccc1C(C)C. The lowest BCUT2D eigenvalue weighted by Gasteiger charge is -2.15. The summed E-state index contributed by atoms with van der Waals surface area (Å²) in [5.41, 5.74) is 1.24. The third-order valence-corrected chi connectivity index (χ3v) is 3.31. The number of benzene rings is 1. The van der Waals surface area contributed by atoms with Gasteiger partial charge in [0.25, 0.3) is 0 Å². The van der Waals surface area contributed by atoms with Gasteiger partial charge in [0.1, 0.15) is 12.4 Å². The van der Waals surface area contributed by atoms with Crippen LogP contribution in [0.4, 0.5) is 0 Å². The molecule has 0 unspecified atom stereocenters. The van der Waals surface area contributed by atoms with Gasteiger partial charge in [-0.2, -0.15) is 0 Å². The summed E-state index contributed by atoms with van der Waals surface area (Å²) in [4.78, 5) is 4.50. The molecule has 0 saturated carbocycles. The molecule has 1 rings (SSSR count). The third kappa shape index (κ3) is 7.88. The number of nitrogens with zero attached hydrogens (tertiary/aromatic N) is 1. The summed E-state index contributed by atoms with van der Waals surface area (Å²) in [5.74, 6) is 2.24. The Hall–Kier alpha value is -1.75. The first-order valence-corrected chi connectivity index (χ1v) is 8.41. The number of para-hydroxylation sites is 1. The second kappa shape index (κ2) is 11.8. The molecule has 0 aliphatic rings. The molecule has 0 aliphatic carbocycles. The lowest BCUT2D eigenvalue weighted by atomic mass is 10.0. The zero-order valence-electron chi connectivity index (χ0n) is 14.9. The predicted molar refractivity (Wildman–Crippen MR) is 96.5 cm³/mol. The minimum absolute atomic E-state index is 0.457. The second-order valence-corrected chi connectivity index (χ2v) is 5.57. The zero-order valence-corrected chi connectivity index (χ0v) is 14.9. The van der Waals surface area contributed by atoms with E-state index in [1.54, 1.807) is 7.11 Å². The number of aliphatic imine (C=N–C) groups is 1. The molecule has 130 valence electrons. The summed E-state index contributed by atoms with van der Waals surface area (Å²) >= 11 is 0. The van der Waals surface area contributed by atoms with Crippen molar-refractivity contribution in [1.29, 1.82) is 0 Å². The Balaban J connectivity index is 2.39. The van der Waals surface area contributed by atoms with Gasteiger partial charge in [-0.25, -0.2) is 0 Å². The Morgan fingerprint density at radius 2 is 1.96 bits per heavy atom. The summed E-state index contributed by atoms with van der Waals surface area (Å²) in [7, 11) is 1.71. The molecule has 5 nitrogen and oxygen atoms in total. The van der Waals surface area contributed by atoms with Crippen LogP contribution in [0.2, 0.25) is 0 Å². The van der Waals surface area contributed by atoms with Gasteiger partial charge in [-0.15, -0.1) is 0 Å². The topological polar surface area (TPSA) is 54.9 Å². The van der Waals surface area contributed by atoms with Crippen LogP contribution in [0.5, 0.6) is 5.75 Å². The van der Waals surface area contributed by atoms with Crippen molar-refractivity contribution in [3.8, 4) is 5.75 Å². The Morgan fingerprint density at radius 1 is 1.17 bits per heavy atom. The van der Waals surface area contributed by atoms with Crippen LogP contribution in [0.1, 0.15) is 38.7 Å². The molecule has 0 aromatic heterocycles. The highest BCUT2D eigenvalue weighted by molar-refractivity contribution is 5.79. The van der Waals surface area contributed by atoms with E-state index >= 15 is 0 Å². The van der Waals surface area contributed by atoms with Crippen LogP contribution in [-0.4, -0.2) is 45.9 Å². The molecule has 0 aliphatic heterocycles. The van der Waals surface area contributed by atoms with Gasteiger partial charge in [0.2, 0.25) is 0 Å². The van der Waals surface area contributed by atoms with E-state index < -0.39 is 0 Å². The normalized spacial score (nSPS) is 11.6. The van der Waals surface area contributed by atoms with E-state index in [2.05, 4.69) is 48.5 Å². The number of rotatable bonds is 10. The lowest BCUT2D eigenvalue weighted by molar-refractivity contribution is 0.197. The molecule has 23 heavy (non-hydrogen) atoms. The first-order chi connectivity index (χ1) is 11.2. The summed E-state index contributed by atoms with van der Waals surface area (Å²) in [6.45, 7) is 10.1. The number of guanidine groups is 1. The van der Waals surface area contributed by atoms with E-state index in [9.17, 15) is 0 Å². The van der Waals surface area contributed by atoms with Crippen molar-refractivity contribution in [2.75, 3.05) is 40.0 Å². The smallest absolute Gasteiger partial charge is 0.191 e. The molecule has 2 N–H and O–H groups in total. The minimum atomic E-state index is 0.457. The largest absolute Gasteiger partial charge is 0.491 e. The number of hydrogen-bond acceptors (Lipinski definition) is 3. The minimum Gasteiger partial charge on any atom is -0.491 e. The van der Waals surface area contributed by atoms with Crippen LogP contribution < -0.4 is 15.4 Å². The molecule has 0 spiro atoms. The van der Waals surface area contributed by atoms with Crippen molar-refractivity contribution in [1.82, 2.24) is 10.6 Å². The van der Waals surface area contributed by atoms with Crippen LogP contribution in [0.25, 0.3) is 0 Å². The van der Waals surface area contributed by atoms with Gasteiger partial charge in [0.05, 0.1) is 6.54 Å². The van der Waals surface area contributed by atoms with Crippen LogP contribution in [0.15, 0.2) is 29.3 Å². The van der Waals surface area contributed by atoms with Gasteiger partial charge in [0.15, 0.2) is 5.96 Å². The monoisotopic (exact) mass is 321 g/mol. The summed E-state index contributed by atoms with van der Waals surface area (Å²) in [6, 6.07) is 8.21. The Labute approximate surface area is 140 Å². The van der Waals surface area contributed by atoms with Gasteiger partial charge >= 0.3 is 0 Å². The first kappa shape index (κ1) is 19.3. The molecule has 1 aromatic rings. The van der Waals surface area contributed by atoms with Gasteiger partial charge in [-0.05, 0) is 30.9 Å². The summed E-state index contributed by atoms with van der Waals surface area (Å²) < 4.78 is 10.9. The maximum Gasteiger partial charge on any atom is 0.191 e. The van der Waals surface area contributed by atoms with Crippen LogP contribution in [0, 0.1) is 0 Å².